The molecule has 0 saturated carbocycles. The highest BCUT2D eigenvalue weighted by molar-refractivity contribution is 7.89. The third-order valence-corrected chi connectivity index (χ3v) is 5.19. The summed E-state index contributed by atoms with van der Waals surface area (Å²) in [5.41, 5.74) is -0.731. The normalized spacial score (nSPS) is 14.0. The largest absolute Gasteiger partial charge is 0.212 e. The molecule has 0 fully saturated rings. The van der Waals surface area contributed by atoms with Crippen molar-refractivity contribution in [3.63, 3.8) is 0 Å². The lowest BCUT2D eigenvalue weighted by Crippen LogP contribution is -2.52. The van der Waals surface area contributed by atoms with Gasteiger partial charge in [-0.25, -0.2) is 13.1 Å². The second-order valence-corrected chi connectivity index (χ2v) is 8.01. The highest BCUT2D eigenvalue weighted by Crippen LogP contribution is 2.21. The molecule has 0 spiro atoms. The number of halogens is 2. The number of sulfonamides is 1. The van der Waals surface area contributed by atoms with Crippen LogP contribution in [0.3, 0.4) is 0 Å². The van der Waals surface area contributed by atoms with E-state index in [4.69, 9.17) is 23.2 Å². The van der Waals surface area contributed by atoms with Gasteiger partial charge in [-0.05, 0) is 18.3 Å². The summed E-state index contributed by atoms with van der Waals surface area (Å²) in [7, 11) is -3.33. The molecule has 0 aliphatic heterocycles. The Morgan fingerprint density at radius 3 is 1.88 bits per heavy atom. The highest BCUT2D eigenvalue weighted by atomic mass is 35.5. The van der Waals surface area contributed by atoms with Crippen LogP contribution >= 0.6 is 23.2 Å². The molecule has 3 nitrogen and oxygen atoms in total. The fraction of sp³-hybridized carbons (Fsp3) is 1.00. The zero-order chi connectivity index (χ0) is 13.7. The number of hydrogen-bond acceptors (Lipinski definition) is 2. The van der Waals surface area contributed by atoms with Crippen molar-refractivity contribution >= 4 is 33.2 Å². The van der Waals surface area contributed by atoms with Crippen LogP contribution in [0.5, 0.6) is 0 Å². The average molecular weight is 304 g/mol. The minimum atomic E-state index is -3.33. The maximum absolute atomic E-state index is 11.9. The fourth-order valence-electron chi connectivity index (χ4n) is 1.17. The Balaban J connectivity index is 4.63. The minimum Gasteiger partial charge on any atom is -0.212 e. The van der Waals surface area contributed by atoms with Gasteiger partial charge in [-0.2, -0.15) is 0 Å². The third-order valence-electron chi connectivity index (χ3n) is 2.68. The molecule has 0 heterocycles. The van der Waals surface area contributed by atoms with Crippen molar-refractivity contribution in [2.24, 2.45) is 5.41 Å². The third kappa shape index (κ3) is 6.85. The summed E-state index contributed by atoms with van der Waals surface area (Å²) in [6, 6.07) is 0. The Labute approximate surface area is 115 Å². The molecule has 17 heavy (non-hydrogen) atoms. The van der Waals surface area contributed by atoms with Gasteiger partial charge in [0.05, 0.1) is 11.3 Å². The Bertz CT molecular complexity index is 311. The van der Waals surface area contributed by atoms with Crippen molar-refractivity contribution in [2.45, 2.75) is 46.1 Å². The summed E-state index contributed by atoms with van der Waals surface area (Å²) < 4.78 is 26.5. The molecule has 0 radical (unpaired) electrons. The molecule has 0 aliphatic rings. The fourth-order valence-corrected chi connectivity index (χ4v) is 4.06. The average Bonchev–Trinajstić information content (AvgIpc) is 2.23. The molecule has 0 aromatic heterocycles. The van der Waals surface area contributed by atoms with E-state index in [1.165, 1.54) is 0 Å². The quantitative estimate of drug-likeness (QED) is 0.735. The van der Waals surface area contributed by atoms with Gasteiger partial charge in [0, 0.05) is 11.8 Å². The molecule has 0 atom stereocenters. The van der Waals surface area contributed by atoms with Crippen molar-refractivity contribution in [2.75, 3.05) is 17.5 Å². The first-order chi connectivity index (χ1) is 7.60. The van der Waals surface area contributed by atoms with Crippen LogP contribution < -0.4 is 4.72 Å². The van der Waals surface area contributed by atoms with E-state index in [9.17, 15) is 8.42 Å². The molecule has 0 aromatic carbocycles. The lowest BCUT2D eigenvalue weighted by atomic mass is 9.94. The maximum atomic E-state index is 11.9. The van der Waals surface area contributed by atoms with Gasteiger partial charge in [0.2, 0.25) is 10.0 Å². The molecule has 6 heteroatoms. The molecule has 1 N–H and O–H groups in total. The Morgan fingerprint density at radius 2 is 1.59 bits per heavy atom. The van der Waals surface area contributed by atoms with Crippen LogP contribution in [0.1, 0.15) is 40.5 Å². The lowest BCUT2D eigenvalue weighted by Gasteiger charge is -2.29. The molecule has 0 aliphatic carbocycles. The number of rotatable bonds is 7. The summed E-state index contributed by atoms with van der Waals surface area (Å²) >= 11 is 11.6. The summed E-state index contributed by atoms with van der Waals surface area (Å²) in [6.45, 7) is 7.91. The van der Waals surface area contributed by atoms with Crippen molar-refractivity contribution in [3.8, 4) is 0 Å². The topological polar surface area (TPSA) is 46.2 Å². The second-order valence-electron chi connectivity index (χ2n) is 5.63. The van der Waals surface area contributed by atoms with E-state index < -0.39 is 15.6 Å². The Morgan fingerprint density at radius 1 is 1.12 bits per heavy atom. The predicted molar refractivity (Wildman–Crippen MR) is 75.5 cm³/mol. The summed E-state index contributed by atoms with van der Waals surface area (Å²) in [6.07, 6.45) is 1.18. The van der Waals surface area contributed by atoms with Gasteiger partial charge < -0.3 is 0 Å². The van der Waals surface area contributed by atoms with Crippen molar-refractivity contribution in [1.29, 1.82) is 0 Å². The summed E-state index contributed by atoms with van der Waals surface area (Å²) in [5, 5.41) is 0. The van der Waals surface area contributed by atoms with Crippen LogP contribution in [0.4, 0.5) is 0 Å². The van der Waals surface area contributed by atoms with Crippen LogP contribution in [0.15, 0.2) is 0 Å². The van der Waals surface area contributed by atoms with E-state index in [2.05, 4.69) is 4.72 Å². The second kappa shape index (κ2) is 6.60. The van der Waals surface area contributed by atoms with Crippen molar-refractivity contribution in [3.05, 3.63) is 0 Å². The van der Waals surface area contributed by atoms with Crippen molar-refractivity contribution < 1.29 is 8.42 Å². The van der Waals surface area contributed by atoms with Gasteiger partial charge in [-0.15, -0.1) is 23.2 Å². The first-order valence-corrected chi connectivity index (χ1v) is 8.45. The van der Waals surface area contributed by atoms with Crippen LogP contribution in [0.25, 0.3) is 0 Å². The number of hydrogen-bond donors (Lipinski definition) is 1. The van der Waals surface area contributed by atoms with Crippen LogP contribution in [-0.2, 0) is 10.0 Å². The summed E-state index contributed by atoms with van der Waals surface area (Å²) in [4.78, 5) is 0. The van der Waals surface area contributed by atoms with Crippen LogP contribution in [0.2, 0.25) is 0 Å². The zero-order valence-corrected chi connectivity index (χ0v) is 13.3. The van der Waals surface area contributed by atoms with Gasteiger partial charge in [0.25, 0.3) is 0 Å². The number of nitrogens with one attached hydrogen (secondary N) is 1. The molecule has 0 amide bonds. The molecular formula is C11H23Cl2NO2S. The van der Waals surface area contributed by atoms with E-state index in [0.29, 0.717) is 12.8 Å². The first kappa shape index (κ1) is 17.5. The van der Waals surface area contributed by atoms with Gasteiger partial charge in [-0.3, -0.25) is 0 Å². The van der Waals surface area contributed by atoms with E-state index in [1.807, 2.05) is 27.7 Å². The smallest absolute Gasteiger partial charge is 0.212 e. The number of alkyl halides is 2. The summed E-state index contributed by atoms with van der Waals surface area (Å²) in [5.74, 6) is 0.468. The van der Waals surface area contributed by atoms with Crippen molar-refractivity contribution in [1.82, 2.24) is 4.72 Å². The Kier molecular flexibility index (Phi) is 6.79. The standard InChI is InChI=1S/C11H23Cl2NO2S/c1-5-11(8-12,9-13)14-17(15,16)7-6-10(2,3)4/h14H,5-9H2,1-4H3. The van der Waals surface area contributed by atoms with E-state index in [1.54, 1.807) is 0 Å². The lowest BCUT2D eigenvalue weighted by molar-refractivity contribution is 0.391. The highest BCUT2D eigenvalue weighted by Gasteiger charge is 2.31. The van der Waals surface area contributed by atoms with Gasteiger partial charge >= 0.3 is 0 Å². The van der Waals surface area contributed by atoms with E-state index in [0.717, 1.165) is 0 Å². The molecule has 0 bridgehead atoms. The molecular weight excluding hydrogens is 281 g/mol. The minimum absolute atomic E-state index is 0.00838. The van der Waals surface area contributed by atoms with Crippen LogP contribution in [0, 0.1) is 5.41 Å². The van der Waals surface area contributed by atoms with Crippen LogP contribution in [-0.4, -0.2) is 31.5 Å². The molecule has 104 valence electrons. The van der Waals surface area contributed by atoms with E-state index in [-0.39, 0.29) is 22.9 Å². The SMILES string of the molecule is CCC(CCl)(CCl)NS(=O)(=O)CCC(C)(C)C. The molecule has 0 unspecified atom stereocenters. The molecule has 0 rings (SSSR count). The zero-order valence-electron chi connectivity index (χ0n) is 11.0. The monoisotopic (exact) mass is 303 g/mol. The molecule has 0 saturated heterocycles. The predicted octanol–water partition coefficient (Wildman–Crippen LogP) is 2.97. The van der Waals surface area contributed by atoms with Gasteiger partial charge in [-0.1, -0.05) is 27.7 Å². The maximum Gasteiger partial charge on any atom is 0.212 e. The first-order valence-electron chi connectivity index (χ1n) is 5.73. The van der Waals surface area contributed by atoms with Gasteiger partial charge in [0.1, 0.15) is 0 Å². The van der Waals surface area contributed by atoms with Gasteiger partial charge in [0.15, 0.2) is 0 Å². The Hall–Kier alpha value is 0.490. The van der Waals surface area contributed by atoms with E-state index >= 15 is 0 Å². The molecule has 0 aromatic rings.